The molecule has 0 bridgehead atoms. The second-order valence-electron chi connectivity index (χ2n) is 9.05. The van der Waals surface area contributed by atoms with Crippen LogP contribution in [0.2, 0.25) is 0 Å². The lowest BCUT2D eigenvalue weighted by Crippen LogP contribution is -2.46. The first-order chi connectivity index (χ1) is 11.1. The van der Waals surface area contributed by atoms with Crippen LogP contribution in [0.15, 0.2) is 23.3 Å². The van der Waals surface area contributed by atoms with Crippen LogP contribution in [-0.2, 0) is 9.53 Å². The van der Waals surface area contributed by atoms with E-state index in [-0.39, 0.29) is 23.2 Å². The number of hydrogen-bond acceptors (Lipinski definition) is 3. The van der Waals surface area contributed by atoms with Crippen molar-refractivity contribution in [2.24, 2.45) is 29.1 Å². The van der Waals surface area contributed by atoms with Crippen molar-refractivity contribution >= 4 is 5.78 Å². The molecule has 4 fully saturated rings. The first-order valence-electron chi connectivity index (χ1n) is 9.31. The molecule has 3 saturated carbocycles. The predicted molar refractivity (Wildman–Crippen MR) is 84.6 cm³/mol. The van der Waals surface area contributed by atoms with E-state index in [0.29, 0.717) is 30.0 Å². The predicted octanol–water partition coefficient (Wildman–Crippen LogP) is 2.79. The van der Waals surface area contributed by atoms with Gasteiger partial charge in [0.15, 0.2) is 5.78 Å². The quantitative estimate of drug-likeness (QED) is 0.598. The summed E-state index contributed by atoms with van der Waals surface area (Å²) in [6.07, 6.45) is 10.6. The van der Waals surface area contributed by atoms with Gasteiger partial charge in [-0.15, -0.1) is 0 Å². The maximum absolute atomic E-state index is 11.9. The molecule has 1 N–H and O–H groups in total. The van der Waals surface area contributed by atoms with Crippen LogP contribution < -0.4 is 0 Å². The van der Waals surface area contributed by atoms with Gasteiger partial charge in [0.2, 0.25) is 0 Å². The van der Waals surface area contributed by atoms with Gasteiger partial charge in [0.25, 0.3) is 0 Å². The molecule has 1 aliphatic heterocycles. The van der Waals surface area contributed by atoms with E-state index in [1.54, 1.807) is 5.57 Å². The van der Waals surface area contributed by atoms with Gasteiger partial charge in [-0.05, 0) is 55.9 Å². The van der Waals surface area contributed by atoms with Gasteiger partial charge in [0.1, 0.15) is 11.2 Å². The monoisotopic (exact) mass is 312 g/mol. The smallest absolute Gasteiger partial charge is 0.155 e. The number of aliphatic hydroxyl groups excluding tert-OH is 1. The largest absolute Gasteiger partial charge is 0.393 e. The molecule has 7 unspecified atom stereocenters. The van der Waals surface area contributed by atoms with E-state index in [4.69, 9.17) is 4.74 Å². The van der Waals surface area contributed by atoms with Gasteiger partial charge in [-0.3, -0.25) is 4.79 Å². The minimum Gasteiger partial charge on any atom is -0.393 e. The van der Waals surface area contributed by atoms with Crippen molar-refractivity contribution in [2.75, 3.05) is 6.61 Å². The molecule has 0 aromatic heterocycles. The zero-order valence-corrected chi connectivity index (χ0v) is 13.7. The Morgan fingerprint density at radius 3 is 3.09 bits per heavy atom. The molecule has 3 heteroatoms. The van der Waals surface area contributed by atoms with Crippen molar-refractivity contribution in [3.63, 3.8) is 0 Å². The highest BCUT2D eigenvalue weighted by Gasteiger charge is 2.88. The highest BCUT2D eigenvalue weighted by Crippen LogP contribution is 2.81. The average molecular weight is 312 g/mol. The number of ketones is 1. The van der Waals surface area contributed by atoms with Gasteiger partial charge in [-0.1, -0.05) is 24.1 Å². The van der Waals surface area contributed by atoms with Gasteiger partial charge in [0, 0.05) is 17.8 Å². The number of hydrogen-bond donors (Lipinski definition) is 1. The van der Waals surface area contributed by atoms with Crippen LogP contribution in [0.25, 0.3) is 0 Å². The normalized spacial score (nSPS) is 58.1. The summed E-state index contributed by atoms with van der Waals surface area (Å²) >= 11 is 0. The fourth-order valence-electron chi connectivity index (χ4n) is 7.31. The van der Waals surface area contributed by atoms with Crippen LogP contribution >= 0.6 is 0 Å². The number of ether oxygens (including phenoxy) is 1. The molecule has 5 aliphatic carbocycles. The van der Waals surface area contributed by atoms with E-state index in [2.05, 4.69) is 13.0 Å². The highest BCUT2D eigenvalue weighted by atomic mass is 16.6. The Balaban J connectivity index is 1.46. The molecule has 6 aliphatic rings. The minimum atomic E-state index is -0.191. The summed E-state index contributed by atoms with van der Waals surface area (Å²) in [4.78, 5) is 11.9. The van der Waals surface area contributed by atoms with Crippen molar-refractivity contribution < 1.29 is 14.6 Å². The number of rotatable bonds is 1. The number of allylic oxidation sites excluding steroid dienone is 3. The number of fused-ring (bicyclic) bond motifs is 7. The summed E-state index contributed by atoms with van der Waals surface area (Å²) in [5.41, 5.74) is 2.87. The molecule has 122 valence electrons. The first-order valence-corrected chi connectivity index (χ1v) is 9.31. The molecule has 3 nitrogen and oxygen atoms in total. The molecule has 0 aromatic carbocycles. The van der Waals surface area contributed by atoms with E-state index in [9.17, 15) is 9.90 Å². The van der Waals surface area contributed by atoms with Crippen LogP contribution in [0.1, 0.15) is 45.4 Å². The van der Waals surface area contributed by atoms with Crippen molar-refractivity contribution in [3.05, 3.63) is 23.3 Å². The molecule has 1 heterocycles. The van der Waals surface area contributed by atoms with E-state index < -0.39 is 0 Å². The summed E-state index contributed by atoms with van der Waals surface area (Å²) in [5, 5.41) is 9.97. The molecule has 0 radical (unpaired) electrons. The first kappa shape index (κ1) is 13.4. The molecule has 23 heavy (non-hydrogen) atoms. The lowest BCUT2D eigenvalue weighted by molar-refractivity contribution is -0.115. The third-order valence-electron chi connectivity index (χ3n) is 8.45. The fraction of sp³-hybridized carbons (Fsp3) is 0.750. The Kier molecular flexibility index (Phi) is 2.14. The molecule has 0 aromatic rings. The topological polar surface area (TPSA) is 49.8 Å². The lowest BCUT2D eigenvalue weighted by Gasteiger charge is -2.50. The van der Waals surface area contributed by atoms with Crippen molar-refractivity contribution in [3.8, 4) is 0 Å². The maximum atomic E-state index is 11.9. The summed E-state index contributed by atoms with van der Waals surface area (Å²) in [6.45, 7) is 2.57. The Bertz CT molecular complexity index is 706. The molecule has 0 amide bonds. The van der Waals surface area contributed by atoms with E-state index >= 15 is 0 Å². The third-order valence-corrected chi connectivity index (χ3v) is 8.45. The maximum Gasteiger partial charge on any atom is 0.155 e. The number of carbonyl (C=O) groups excluding carboxylic acids is 1. The van der Waals surface area contributed by atoms with Gasteiger partial charge in [0.05, 0.1) is 6.61 Å². The van der Waals surface area contributed by atoms with E-state index in [0.717, 1.165) is 25.2 Å². The molecular formula is C20H24O3. The third kappa shape index (κ3) is 1.26. The summed E-state index contributed by atoms with van der Waals surface area (Å²) in [7, 11) is 0. The van der Waals surface area contributed by atoms with Gasteiger partial charge in [-0.25, -0.2) is 0 Å². The zero-order valence-electron chi connectivity index (χ0n) is 13.7. The zero-order chi connectivity index (χ0) is 15.6. The van der Waals surface area contributed by atoms with Crippen LogP contribution in [0.5, 0.6) is 0 Å². The molecule has 1 spiro atoms. The summed E-state index contributed by atoms with van der Waals surface area (Å²) < 4.78 is 6.31. The van der Waals surface area contributed by atoms with Crippen LogP contribution in [0.3, 0.4) is 0 Å². The van der Waals surface area contributed by atoms with Crippen molar-refractivity contribution in [1.82, 2.24) is 0 Å². The Morgan fingerprint density at radius 2 is 2.26 bits per heavy atom. The number of epoxide rings is 1. The van der Waals surface area contributed by atoms with E-state index in [1.807, 2.05) is 6.08 Å². The summed E-state index contributed by atoms with van der Waals surface area (Å²) in [6, 6.07) is 0. The standard InChI is InChI=1S/C20H24O3/c1-18-6-4-12(22)8-11(18)2-3-13-15(18)5-7-19-17(13)14-9-16(14)20(19,10-21)23-19/h5,8,13-14,16-17,21H,2-4,6-7,9-10H2,1H3. The Morgan fingerprint density at radius 1 is 1.39 bits per heavy atom. The average Bonchev–Trinajstić information content (AvgIpc) is 3.43. The minimum absolute atomic E-state index is 0.0361. The number of aliphatic hydroxyl groups is 1. The van der Waals surface area contributed by atoms with Gasteiger partial charge in [-0.2, -0.15) is 0 Å². The van der Waals surface area contributed by atoms with Gasteiger partial charge < -0.3 is 9.84 Å². The van der Waals surface area contributed by atoms with Crippen LogP contribution in [0.4, 0.5) is 0 Å². The van der Waals surface area contributed by atoms with Crippen molar-refractivity contribution in [2.45, 2.75) is 56.7 Å². The summed E-state index contributed by atoms with van der Waals surface area (Å²) in [5.74, 6) is 2.95. The Hall–Kier alpha value is -0.930. The highest BCUT2D eigenvalue weighted by molar-refractivity contribution is 5.92. The molecule has 1 saturated heterocycles. The number of carbonyl (C=O) groups is 1. The molecule has 6 rings (SSSR count). The fourth-order valence-corrected chi connectivity index (χ4v) is 7.31. The molecule has 7 atom stereocenters. The van der Waals surface area contributed by atoms with Crippen LogP contribution in [-0.4, -0.2) is 28.7 Å². The van der Waals surface area contributed by atoms with Crippen molar-refractivity contribution in [1.29, 1.82) is 0 Å². The van der Waals surface area contributed by atoms with Gasteiger partial charge >= 0.3 is 0 Å². The molecular weight excluding hydrogens is 288 g/mol. The lowest BCUT2D eigenvalue weighted by atomic mass is 9.53. The Labute approximate surface area is 136 Å². The second-order valence-corrected chi connectivity index (χ2v) is 9.05. The van der Waals surface area contributed by atoms with E-state index in [1.165, 1.54) is 18.4 Å². The SMILES string of the molecule is CC12CCC(=O)C=C1CCC1C2=CCC23OC2(CO)C2CC2C13. The second kappa shape index (κ2) is 3.67. The van der Waals surface area contributed by atoms with Crippen LogP contribution in [0, 0.1) is 29.1 Å².